The molecule has 1 rings (SSSR count). The fourth-order valence-electron chi connectivity index (χ4n) is 2.17. The van der Waals surface area contributed by atoms with Crippen molar-refractivity contribution in [3.63, 3.8) is 0 Å². The van der Waals surface area contributed by atoms with E-state index in [1.165, 1.54) is 0 Å². The molecule has 1 aromatic rings. The van der Waals surface area contributed by atoms with Gasteiger partial charge in [-0.1, -0.05) is 85.9 Å². The number of hydrogen-bond acceptors (Lipinski definition) is 0. The Labute approximate surface area is 137 Å². The Morgan fingerprint density at radius 1 is 0.632 bits per heavy atom. The van der Waals surface area contributed by atoms with Crippen LogP contribution in [0, 0.1) is 0 Å². The van der Waals surface area contributed by atoms with Gasteiger partial charge < -0.3 is 0 Å². The molecule has 0 bridgehead atoms. The molecule has 0 radical (unpaired) electrons. The van der Waals surface area contributed by atoms with Gasteiger partial charge in [-0.25, -0.2) is 0 Å². The predicted octanol–water partition coefficient (Wildman–Crippen LogP) is 6.76. The normalized spacial score (nSPS) is 10.3. The third-order valence-corrected chi connectivity index (χ3v) is 6.03. The van der Waals surface area contributed by atoms with Gasteiger partial charge in [0.2, 0.25) is 0 Å². The van der Waals surface area contributed by atoms with Crippen LogP contribution in [0.5, 0.6) is 0 Å². The minimum Gasteiger partial charge on any atom is -0.0623 e. The van der Waals surface area contributed by atoms with E-state index >= 15 is 0 Å². The molecule has 0 fully saturated rings. The van der Waals surface area contributed by atoms with Gasteiger partial charge in [0, 0.05) is 0 Å². The summed E-state index contributed by atoms with van der Waals surface area (Å²) in [6, 6.07) is 12.0. The van der Waals surface area contributed by atoms with E-state index in [0.717, 1.165) is 17.0 Å². The van der Waals surface area contributed by atoms with Gasteiger partial charge in [-0.2, -0.15) is 0 Å². The topological polar surface area (TPSA) is 0 Å². The van der Waals surface area contributed by atoms with Crippen LogP contribution in [-0.2, 0) is 15.4 Å². The summed E-state index contributed by atoms with van der Waals surface area (Å²) in [5.41, 5.74) is 2.69. The molecule has 0 aliphatic rings. The fraction of sp³-hybridized carbons (Fsp3) is 0.600. The van der Waals surface area contributed by atoms with E-state index in [1.807, 2.05) is 36.4 Å². The van der Waals surface area contributed by atoms with E-state index in [2.05, 4.69) is 41.5 Å². The molecule has 0 nitrogen and oxygen atoms in total. The summed E-state index contributed by atoms with van der Waals surface area (Å²) in [6.45, 7) is 14.1. The third-order valence-electron chi connectivity index (χ3n) is 2.46. The molecule has 0 aromatic heterocycles. The standard InChI is InChI=1S/C9H21P.C6H6.2ClH.Os/c1-7(2)10(8(3)4)9(5)6;1-2-4-6-5-3-1;;;/h7-9H,1-6H3;1-6H;2*1H;/q;;;;+2/p-2. The maximum absolute atomic E-state index is 4.90. The molecule has 0 saturated heterocycles. The van der Waals surface area contributed by atoms with Gasteiger partial charge in [0.25, 0.3) is 0 Å². The predicted molar refractivity (Wildman–Crippen MR) is 90.5 cm³/mol. The van der Waals surface area contributed by atoms with Crippen molar-refractivity contribution in [1.29, 1.82) is 0 Å². The smallest absolute Gasteiger partial charge is 0.0623 e. The van der Waals surface area contributed by atoms with Crippen molar-refractivity contribution in [2.24, 2.45) is 0 Å². The number of halogens is 2. The van der Waals surface area contributed by atoms with Crippen molar-refractivity contribution in [1.82, 2.24) is 0 Å². The van der Waals surface area contributed by atoms with Crippen molar-refractivity contribution >= 4 is 27.2 Å². The van der Waals surface area contributed by atoms with E-state index in [-0.39, 0.29) is 7.92 Å². The van der Waals surface area contributed by atoms with Crippen LogP contribution in [0.15, 0.2) is 36.4 Å². The molecule has 0 amide bonds. The van der Waals surface area contributed by atoms with E-state index in [1.54, 1.807) is 0 Å². The molecule has 0 heterocycles. The van der Waals surface area contributed by atoms with Crippen molar-refractivity contribution in [2.45, 2.75) is 58.5 Å². The first-order valence-corrected chi connectivity index (χ1v) is 14.4. The zero-order valence-electron chi connectivity index (χ0n) is 12.8. The first-order chi connectivity index (χ1) is 8.88. The molecule has 4 heteroatoms. The Hall–Kier alpha value is 0.866. The quantitative estimate of drug-likeness (QED) is 0.404. The molecule has 0 aliphatic carbocycles. The molecular weight excluding hydrogens is 472 g/mol. The number of hydrogen-bond donors (Lipinski definition) is 0. The van der Waals surface area contributed by atoms with Crippen LogP contribution in [0.1, 0.15) is 41.5 Å². The minimum atomic E-state index is -0.639. The SMILES string of the molecule is CC(C)P(C(C)C)C(C)C.[Cl][Os][Cl].c1ccccc1. The Balaban J connectivity index is 0. The van der Waals surface area contributed by atoms with Crippen molar-refractivity contribution in [3.05, 3.63) is 36.4 Å². The molecule has 19 heavy (non-hydrogen) atoms. The summed E-state index contributed by atoms with van der Waals surface area (Å²) in [5, 5.41) is 0. The molecule has 0 N–H and O–H groups in total. The van der Waals surface area contributed by atoms with Crippen LogP contribution in [0.3, 0.4) is 0 Å². The molecule has 0 aliphatic heterocycles. The van der Waals surface area contributed by atoms with Crippen LogP contribution in [0.2, 0.25) is 0 Å². The number of benzene rings is 1. The molecule has 114 valence electrons. The van der Waals surface area contributed by atoms with Gasteiger partial charge in [0.1, 0.15) is 0 Å². The monoisotopic (exact) mass is 500 g/mol. The maximum Gasteiger partial charge on any atom is -0.0623 e. The van der Waals surface area contributed by atoms with Gasteiger partial charge in [0.05, 0.1) is 0 Å². The van der Waals surface area contributed by atoms with E-state index in [0.29, 0.717) is 0 Å². The first-order valence-electron chi connectivity index (χ1n) is 6.51. The Kier molecular flexibility index (Phi) is 17.8. The average Bonchev–Trinajstić information content (AvgIpc) is 2.31. The van der Waals surface area contributed by atoms with Crippen LogP contribution in [-0.4, -0.2) is 17.0 Å². The summed E-state index contributed by atoms with van der Waals surface area (Å²) in [5.74, 6) is 0. The summed E-state index contributed by atoms with van der Waals surface area (Å²) >= 11 is -0.639. The second-order valence-electron chi connectivity index (χ2n) is 4.93. The first kappa shape index (κ1) is 22.2. The minimum absolute atomic E-state index is 0.262. The van der Waals surface area contributed by atoms with E-state index in [4.69, 9.17) is 19.3 Å². The summed E-state index contributed by atoms with van der Waals surface area (Å²) in [7, 11) is 10.1. The van der Waals surface area contributed by atoms with Gasteiger partial charge in [-0.3, -0.25) is 0 Å². The molecule has 0 saturated carbocycles. The molecule has 0 spiro atoms. The summed E-state index contributed by atoms with van der Waals surface area (Å²) in [6.07, 6.45) is 0. The molecule has 0 atom stereocenters. The second kappa shape index (κ2) is 15.3. The fourth-order valence-corrected chi connectivity index (χ4v) is 5.75. The van der Waals surface area contributed by atoms with Crippen LogP contribution in [0.4, 0.5) is 0 Å². The van der Waals surface area contributed by atoms with Gasteiger partial charge in [0.15, 0.2) is 0 Å². The Bertz CT molecular complexity index is 220. The Morgan fingerprint density at radius 3 is 0.842 bits per heavy atom. The van der Waals surface area contributed by atoms with Crippen LogP contribution >= 0.6 is 27.2 Å². The third kappa shape index (κ3) is 15.1. The van der Waals surface area contributed by atoms with Crippen molar-refractivity contribution < 1.29 is 15.4 Å². The average molecular weight is 499 g/mol. The zero-order chi connectivity index (χ0) is 15.3. The van der Waals surface area contributed by atoms with Crippen LogP contribution < -0.4 is 0 Å². The van der Waals surface area contributed by atoms with Crippen LogP contribution in [0.25, 0.3) is 0 Å². The molecule has 1 aromatic carbocycles. The number of rotatable bonds is 3. The van der Waals surface area contributed by atoms with E-state index < -0.39 is 15.4 Å². The summed E-state index contributed by atoms with van der Waals surface area (Å²) in [4.78, 5) is 0. The van der Waals surface area contributed by atoms with E-state index in [9.17, 15) is 0 Å². The zero-order valence-corrected chi connectivity index (χ0v) is 17.7. The van der Waals surface area contributed by atoms with Gasteiger partial charge in [-0.15, -0.1) is 0 Å². The largest absolute Gasteiger partial charge is 0.0623 e. The molecular formula is C15H27Cl2OsP. The van der Waals surface area contributed by atoms with Gasteiger partial charge >= 0.3 is 34.7 Å². The van der Waals surface area contributed by atoms with Crippen molar-refractivity contribution in [3.8, 4) is 0 Å². The van der Waals surface area contributed by atoms with Gasteiger partial charge in [-0.05, 0) is 17.0 Å². The second-order valence-corrected chi connectivity index (χ2v) is 12.6. The Morgan fingerprint density at radius 2 is 0.789 bits per heavy atom. The van der Waals surface area contributed by atoms with Crippen molar-refractivity contribution in [2.75, 3.05) is 0 Å². The maximum atomic E-state index is 4.90. The molecule has 0 unspecified atom stereocenters. The summed E-state index contributed by atoms with van der Waals surface area (Å²) < 4.78 is 0.